The van der Waals surface area contributed by atoms with Crippen LogP contribution in [0.1, 0.15) is 89.1 Å². The average molecular weight is 600 g/mol. The maximum Gasteiger partial charge on any atom is 0.416 e. The number of amides is 2. The number of fused-ring (bicyclic) bond motifs is 3. The van der Waals surface area contributed by atoms with Crippen LogP contribution < -0.4 is 5.32 Å². The van der Waals surface area contributed by atoms with Crippen molar-refractivity contribution in [2.75, 3.05) is 25.0 Å². The van der Waals surface area contributed by atoms with E-state index in [4.69, 9.17) is 19.3 Å². The first-order valence-electron chi connectivity index (χ1n) is 14.4. The van der Waals surface area contributed by atoms with Crippen molar-refractivity contribution in [3.8, 4) is 0 Å². The van der Waals surface area contributed by atoms with E-state index >= 15 is 0 Å². The maximum atomic E-state index is 12.0. The van der Waals surface area contributed by atoms with Gasteiger partial charge in [0.15, 0.2) is 0 Å². The van der Waals surface area contributed by atoms with Gasteiger partial charge in [0, 0.05) is 25.1 Å². The van der Waals surface area contributed by atoms with E-state index in [0.29, 0.717) is 38.7 Å². The molecule has 42 heavy (non-hydrogen) atoms. The molecule has 1 fully saturated rings. The number of piperidine rings is 1. The molecule has 5 rings (SSSR count). The number of hydrogen-bond donors (Lipinski definition) is 2. The van der Waals surface area contributed by atoms with E-state index in [1.807, 2.05) is 39.5 Å². The Bertz CT molecular complexity index is 1110. The summed E-state index contributed by atoms with van der Waals surface area (Å²) < 4.78 is 51.9. The number of halogens is 3. The fraction of sp³-hybridized carbons (Fsp3) is 0.633. The third-order valence-corrected chi connectivity index (χ3v) is 6.41. The number of ether oxygens (including phenoxy) is 3. The van der Waals surface area contributed by atoms with Crippen LogP contribution in [0.5, 0.6) is 0 Å². The third-order valence-electron chi connectivity index (χ3n) is 6.41. The summed E-state index contributed by atoms with van der Waals surface area (Å²) in [6, 6.07) is 0. The lowest BCUT2D eigenvalue weighted by atomic mass is 9.99. The standard InChI is InChI=1S/C15H20N2O4.C7H7F3O.C6H11NO.C2H6/c1-15(2,3)21-14(18)17-13-11-7-20-6-10(11)9-4-5-19-8-12(9)16-13;8-7(9,10)5-2-1-3-6(11)4-5;8-6-7-4-2-1-3-5-7;1-2/h4-8H2,1-3H3,(H,16,17,18);2,4,11H,1,3H2;6H,1-5H2;1-2H3. The molecule has 1 saturated heterocycles. The third kappa shape index (κ3) is 11.3. The van der Waals surface area contributed by atoms with Crippen LogP contribution in [0.2, 0.25) is 0 Å². The lowest BCUT2D eigenvalue weighted by Gasteiger charge is -2.22. The molecule has 12 heteroatoms. The molecule has 0 unspecified atom stereocenters. The van der Waals surface area contributed by atoms with Crippen molar-refractivity contribution in [2.45, 2.75) is 105 Å². The minimum absolute atomic E-state index is 0.195. The molecule has 1 aromatic heterocycles. The number of rotatable bonds is 2. The molecule has 0 aromatic carbocycles. The number of hydrogen-bond acceptors (Lipinski definition) is 7. The number of allylic oxidation sites excluding steroid dienone is 4. The Morgan fingerprint density at radius 3 is 2.24 bits per heavy atom. The van der Waals surface area contributed by atoms with E-state index in [1.54, 1.807) is 0 Å². The van der Waals surface area contributed by atoms with Gasteiger partial charge in [0.1, 0.15) is 11.4 Å². The van der Waals surface area contributed by atoms with Crippen molar-refractivity contribution in [3.05, 3.63) is 45.9 Å². The maximum absolute atomic E-state index is 12.0. The zero-order chi connectivity index (χ0) is 31.3. The number of nitrogens with one attached hydrogen (secondary N) is 1. The fourth-order valence-electron chi connectivity index (χ4n) is 4.52. The molecule has 1 aromatic rings. The minimum atomic E-state index is -4.32. The van der Waals surface area contributed by atoms with Crippen molar-refractivity contribution in [1.82, 2.24) is 9.88 Å². The number of aromatic nitrogens is 1. The summed E-state index contributed by atoms with van der Waals surface area (Å²) in [6.07, 6.45) is 3.07. The second-order valence-electron chi connectivity index (χ2n) is 10.8. The van der Waals surface area contributed by atoms with Gasteiger partial charge < -0.3 is 24.2 Å². The van der Waals surface area contributed by atoms with Gasteiger partial charge in [-0.1, -0.05) is 19.9 Å². The summed E-state index contributed by atoms with van der Waals surface area (Å²) in [5, 5.41) is 11.5. The number of carbonyl (C=O) groups excluding carboxylic acids is 2. The summed E-state index contributed by atoms with van der Waals surface area (Å²) in [7, 11) is 0. The van der Waals surface area contributed by atoms with Crippen molar-refractivity contribution < 1.29 is 42.1 Å². The monoisotopic (exact) mass is 599 g/mol. The van der Waals surface area contributed by atoms with Gasteiger partial charge in [-0.25, -0.2) is 9.78 Å². The zero-order valence-corrected chi connectivity index (χ0v) is 25.2. The Kier molecular flexibility index (Phi) is 13.8. The first-order chi connectivity index (χ1) is 19.9. The molecule has 1 aliphatic carbocycles. The SMILES string of the molecule is CC.CC(C)(C)OC(=O)Nc1nc2c(c3c1COC3)CCOC2.O=CN1CCCCC1.OC1=CC(C(F)(F)F)=CCC1. The zero-order valence-electron chi connectivity index (χ0n) is 25.2. The molecule has 2 N–H and O–H groups in total. The minimum Gasteiger partial charge on any atom is -0.512 e. The fourth-order valence-corrected chi connectivity index (χ4v) is 4.52. The Hall–Kier alpha value is -3.12. The summed E-state index contributed by atoms with van der Waals surface area (Å²) >= 11 is 0. The van der Waals surface area contributed by atoms with Gasteiger partial charge in [-0.05, 0) is 70.1 Å². The number of carbonyl (C=O) groups is 2. The smallest absolute Gasteiger partial charge is 0.416 e. The normalized spacial score (nSPS) is 17.7. The molecule has 4 heterocycles. The number of nitrogens with zero attached hydrogens (tertiary/aromatic N) is 2. The molecular weight excluding hydrogens is 555 g/mol. The quantitative estimate of drug-likeness (QED) is 0.356. The van der Waals surface area contributed by atoms with E-state index in [0.717, 1.165) is 54.9 Å². The van der Waals surface area contributed by atoms with Gasteiger partial charge in [-0.3, -0.25) is 10.1 Å². The van der Waals surface area contributed by atoms with Crippen molar-refractivity contribution in [1.29, 1.82) is 0 Å². The number of aliphatic hydroxyl groups excluding tert-OH is 1. The Morgan fingerprint density at radius 2 is 1.69 bits per heavy atom. The molecule has 0 radical (unpaired) electrons. The topological polar surface area (TPSA) is 110 Å². The van der Waals surface area contributed by atoms with Crippen molar-refractivity contribution in [2.24, 2.45) is 0 Å². The predicted molar refractivity (Wildman–Crippen MR) is 153 cm³/mol. The van der Waals surface area contributed by atoms with E-state index in [1.165, 1.54) is 24.8 Å². The van der Waals surface area contributed by atoms with E-state index in [9.17, 15) is 22.8 Å². The summed E-state index contributed by atoms with van der Waals surface area (Å²) in [5.41, 5.74) is 2.92. The molecule has 0 saturated carbocycles. The van der Waals surface area contributed by atoms with E-state index < -0.39 is 23.4 Å². The van der Waals surface area contributed by atoms with Crippen LogP contribution in [-0.2, 0) is 45.2 Å². The second kappa shape index (κ2) is 16.5. The van der Waals surface area contributed by atoms with E-state index in [2.05, 4.69) is 10.3 Å². The molecule has 0 atom stereocenters. The first-order valence-corrected chi connectivity index (χ1v) is 14.4. The first kappa shape index (κ1) is 35.1. The lowest BCUT2D eigenvalue weighted by molar-refractivity contribution is -0.118. The van der Waals surface area contributed by atoms with E-state index in [-0.39, 0.29) is 12.2 Å². The molecule has 0 spiro atoms. The van der Waals surface area contributed by atoms with Gasteiger partial charge in [0.2, 0.25) is 6.41 Å². The van der Waals surface area contributed by atoms with Crippen molar-refractivity contribution >= 4 is 18.3 Å². The highest BCUT2D eigenvalue weighted by Gasteiger charge is 2.33. The number of anilines is 1. The van der Waals surface area contributed by atoms with Crippen LogP contribution in [0.15, 0.2) is 23.5 Å². The van der Waals surface area contributed by atoms with Gasteiger partial charge in [-0.15, -0.1) is 0 Å². The summed E-state index contributed by atoms with van der Waals surface area (Å²) in [6.45, 7) is 13.7. The number of pyridine rings is 1. The lowest BCUT2D eigenvalue weighted by Crippen LogP contribution is -2.28. The number of likely N-dealkylation sites (tertiary alicyclic amines) is 1. The molecule has 3 aliphatic heterocycles. The largest absolute Gasteiger partial charge is 0.512 e. The van der Waals surface area contributed by atoms with Crippen LogP contribution in [0.4, 0.5) is 23.8 Å². The molecule has 236 valence electrons. The molecule has 4 aliphatic rings. The Balaban J connectivity index is 0.000000245. The second-order valence-corrected chi connectivity index (χ2v) is 10.8. The van der Waals surface area contributed by atoms with Crippen LogP contribution in [-0.4, -0.2) is 59.0 Å². The van der Waals surface area contributed by atoms with Gasteiger partial charge in [0.25, 0.3) is 0 Å². The summed E-state index contributed by atoms with van der Waals surface area (Å²) in [4.78, 5) is 28.4. The molecule has 9 nitrogen and oxygen atoms in total. The summed E-state index contributed by atoms with van der Waals surface area (Å²) in [5.74, 6) is 0.334. The molecule has 2 amide bonds. The highest BCUT2D eigenvalue weighted by atomic mass is 19.4. The van der Waals surface area contributed by atoms with Crippen LogP contribution >= 0.6 is 0 Å². The van der Waals surface area contributed by atoms with Crippen LogP contribution in [0, 0.1) is 0 Å². The Morgan fingerprint density at radius 1 is 1.02 bits per heavy atom. The predicted octanol–water partition coefficient (Wildman–Crippen LogP) is 6.90. The average Bonchev–Trinajstić information content (AvgIpc) is 3.45. The highest BCUT2D eigenvalue weighted by molar-refractivity contribution is 5.85. The van der Waals surface area contributed by atoms with Crippen molar-refractivity contribution in [3.63, 3.8) is 0 Å². The van der Waals surface area contributed by atoms with Crippen LogP contribution in [0.3, 0.4) is 0 Å². The number of aliphatic hydroxyl groups is 1. The molecule has 0 bridgehead atoms. The Labute approximate surface area is 246 Å². The van der Waals surface area contributed by atoms with Gasteiger partial charge in [-0.2, -0.15) is 13.2 Å². The number of alkyl halides is 3. The van der Waals surface area contributed by atoms with Gasteiger partial charge >= 0.3 is 12.3 Å². The molecular formula is C30H44F3N3O6. The van der Waals surface area contributed by atoms with Gasteiger partial charge in [0.05, 0.1) is 43.5 Å². The van der Waals surface area contributed by atoms with Crippen LogP contribution in [0.25, 0.3) is 0 Å². The highest BCUT2D eigenvalue weighted by Crippen LogP contribution is 2.33.